The SMILES string of the molecule is O=C(O)c1ccc(Oc2ccc(C(=O)O)cc2C#Cc2ccccc2)cc1. The summed E-state index contributed by atoms with van der Waals surface area (Å²) in [6.07, 6.45) is 0. The van der Waals surface area contributed by atoms with Crippen LogP contribution in [0.4, 0.5) is 0 Å². The summed E-state index contributed by atoms with van der Waals surface area (Å²) in [6, 6.07) is 19.6. The quantitative estimate of drug-likeness (QED) is 0.680. The number of rotatable bonds is 4. The average Bonchev–Trinajstić information content (AvgIpc) is 2.68. The number of aromatic carboxylic acids is 2. The van der Waals surface area contributed by atoms with Gasteiger partial charge in [0.15, 0.2) is 0 Å². The van der Waals surface area contributed by atoms with Gasteiger partial charge in [-0.25, -0.2) is 9.59 Å². The van der Waals surface area contributed by atoms with Crippen LogP contribution in [-0.4, -0.2) is 22.2 Å². The molecule has 3 aromatic rings. The average molecular weight is 358 g/mol. The number of benzene rings is 3. The summed E-state index contributed by atoms with van der Waals surface area (Å²) in [6.45, 7) is 0. The third-order valence-electron chi connectivity index (χ3n) is 3.67. The van der Waals surface area contributed by atoms with E-state index < -0.39 is 11.9 Å². The summed E-state index contributed by atoms with van der Waals surface area (Å²) in [5, 5.41) is 18.2. The van der Waals surface area contributed by atoms with Crippen molar-refractivity contribution in [2.45, 2.75) is 0 Å². The van der Waals surface area contributed by atoms with Gasteiger partial charge in [-0.2, -0.15) is 0 Å². The summed E-state index contributed by atoms with van der Waals surface area (Å²) < 4.78 is 5.78. The zero-order valence-electron chi connectivity index (χ0n) is 14.0. The number of hydrogen-bond donors (Lipinski definition) is 2. The Balaban J connectivity index is 1.95. The maximum Gasteiger partial charge on any atom is 0.335 e. The molecule has 0 fully saturated rings. The number of hydrogen-bond acceptors (Lipinski definition) is 3. The van der Waals surface area contributed by atoms with Crippen molar-refractivity contribution in [3.8, 4) is 23.3 Å². The van der Waals surface area contributed by atoms with Crippen molar-refractivity contribution in [3.63, 3.8) is 0 Å². The van der Waals surface area contributed by atoms with Crippen LogP contribution in [0.15, 0.2) is 72.8 Å². The van der Waals surface area contributed by atoms with E-state index in [1.807, 2.05) is 30.3 Å². The van der Waals surface area contributed by atoms with Crippen molar-refractivity contribution in [3.05, 3.63) is 95.1 Å². The molecule has 0 atom stereocenters. The van der Waals surface area contributed by atoms with Crippen molar-refractivity contribution in [1.29, 1.82) is 0 Å². The van der Waals surface area contributed by atoms with E-state index in [9.17, 15) is 14.7 Å². The van der Waals surface area contributed by atoms with E-state index >= 15 is 0 Å². The van der Waals surface area contributed by atoms with Crippen LogP contribution in [-0.2, 0) is 0 Å². The number of carboxylic acids is 2. The Kier molecular flexibility index (Phi) is 5.20. The third-order valence-corrected chi connectivity index (χ3v) is 3.67. The molecular formula is C22H14O5. The molecule has 0 unspecified atom stereocenters. The van der Waals surface area contributed by atoms with Crippen molar-refractivity contribution < 1.29 is 24.5 Å². The van der Waals surface area contributed by atoms with Gasteiger partial charge in [-0.3, -0.25) is 0 Å². The van der Waals surface area contributed by atoms with E-state index in [1.165, 1.54) is 42.5 Å². The Labute approximate surface area is 155 Å². The molecule has 0 aliphatic rings. The molecular weight excluding hydrogens is 344 g/mol. The lowest BCUT2D eigenvalue weighted by Crippen LogP contribution is -1.98. The predicted molar refractivity (Wildman–Crippen MR) is 99.3 cm³/mol. The summed E-state index contributed by atoms with van der Waals surface area (Å²) >= 11 is 0. The molecule has 2 N–H and O–H groups in total. The van der Waals surface area contributed by atoms with Gasteiger partial charge in [0.1, 0.15) is 11.5 Å². The highest BCUT2D eigenvalue weighted by Gasteiger charge is 2.10. The van der Waals surface area contributed by atoms with E-state index in [-0.39, 0.29) is 11.1 Å². The Hall–Kier alpha value is -4.04. The highest BCUT2D eigenvalue weighted by Crippen LogP contribution is 2.26. The molecule has 0 aromatic heterocycles. The van der Waals surface area contributed by atoms with Crippen LogP contribution in [0.5, 0.6) is 11.5 Å². The summed E-state index contributed by atoms with van der Waals surface area (Å²) in [4.78, 5) is 22.2. The molecule has 0 spiro atoms. The van der Waals surface area contributed by atoms with Gasteiger partial charge in [0.25, 0.3) is 0 Å². The first-order chi connectivity index (χ1) is 13.0. The summed E-state index contributed by atoms with van der Waals surface area (Å²) in [5.41, 5.74) is 1.45. The van der Waals surface area contributed by atoms with Crippen molar-refractivity contribution in [2.75, 3.05) is 0 Å². The van der Waals surface area contributed by atoms with Gasteiger partial charge < -0.3 is 14.9 Å². The van der Waals surface area contributed by atoms with Crippen LogP contribution in [0.25, 0.3) is 0 Å². The van der Waals surface area contributed by atoms with Gasteiger partial charge in [-0.05, 0) is 54.6 Å². The van der Waals surface area contributed by atoms with Crippen molar-refractivity contribution >= 4 is 11.9 Å². The highest BCUT2D eigenvalue weighted by molar-refractivity contribution is 5.88. The van der Waals surface area contributed by atoms with Crippen LogP contribution in [0.1, 0.15) is 31.8 Å². The van der Waals surface area contributed by atoms with Gasteiger partial charge in [-0.15, -0.1) is 0 Å². The summed E-state index contributed by atoms with van der Waals surface area (Å²) in [7, 11) is 0. The monoisotopic (exact) mass is 358 g/mol. The molecule has 27 heavy (non-hydrogen) atoms. The summed E-state index contributed by atoms with van der Waals surface area (Å²) in [5.74, 6) is 4.64. The Bertz CT molecular complexity index is 1040. The van der Waals surface area contributed by atoms with E-state index in [1.54, 1.807) is 0 Å². The predicted octanol–water partition coefficient (Wildman–Crippen LogP) is 4.28. The first kappa shape index (κ1) is 17.8. The van der Waals surface area contributed by atoms with Gasteiger partial charge >= 0.3 is 11.9 Å². The third kappa shape index (κ3) is 4.53. The number of ether oxygens (including phenoxy) is 1. The zero-order chi connectivity index (χ0) is 19.2. The van der Waals surface area contributed by atoms with Crippen LogP contribution in [0.2, 0.25) is 0 Å². The lowest BCUT2D eigenvalue weighted by molar-refractivity contribution is 0.0686. The van der Waals surface area contributed by atoms with E-state index in [2.05, 4.69) is 11.8 Å². The minimum Gasteiger partial charge on any atom is -0.478 e. The minimum atomic E-state index is -1.06. The van der Waals surface area contributed by atoms with Crippen LogP contribution >= 0.6 is 0 Å². The smallest absolute Gasteiger partial charge is 0.335 e. The molecule has 0 aliphatic carbocycles. The fourth-order valence-electron chi connectivity index (χ4n) is 2.30. The lowest BCUT2D eigenvalue weighted by Gasteiger charge is -2.09. The van der Waals surface area contributed by atoms with Crippen molar-refractivity contribution in [2.24, 2.45) is 0 Å². The van der Waals surface area contributed by atoms with Gasteiger partial charge in [0.2, 0.25) is 0 Å². The van der Waals surface area contributed by atoms with E-state index in [4.69, 9.17) is 9.84 Å². The van der Waals surface area contributed by atoms with Gasteiger partial charge in [0.05, 0.1) is 16.7 Å². The standard InChI is InChI=1S/C22H14O5/c23-21(24)16-8-11-19(12-9-16)27-20-13-10-18(22(25)26)14-17(20)7-6-15-4-2-1-3-5-15/h1-5,8-14H,(H,23,24)(H,25,26). The maximum atomic E-state index is 11.3. The van der Waals surface area contributed by atoms with Crippen LogP contribution in [0, 0.1) is 11.8 Å². The second-order valence-corrected chi connectivity index (χ2v) is 5.56. The van der Waals surface area contributed by atoms with Gasteiger partial charge in [0, 0.05) is 5.56 Å². The topological polar surface area (TPSA) is 83.8 Å². The molecule has 0 saturated carbocycles. The van der Waals surface area contributed by atoms with Gasteiger partial charge in [-0.1, -0.05) is 30.0 Å². The number of carbonyl (C=O) groups is 2. The normalized spacial score (nSPS) is 9.78. The Morgan fingerprint density at radius 3 is 2.00 bits per heavy atom. The first-order valence-electron chi connectivity index (χ1n) is 7.98. The molecule has 5 nitrogen and oxygen atoms in total. The molecule has 0 amide bonds. The largest absolute Gasteiger partial charge is 0.478 e. The highest BCUT2D eigenvalue weighted by atomic mass is 16.5. The van der Waals surface area contributed by atoms with Crippen LogP contribution in [0.3, 0.4) is 0 Å². The molecule has 5 heteroatoms. The second kappa shape index (κ2) is 7.89. The Morgan fingerprint density at radius 1 is 0.741 bits per heavy atom. The molecule has 3 rings (SSSR count). The van der Waals surface area contributed by atoms with Crippen LogP contribution < -0.4 is 4.74 Å². The molecule has 132 valence electrons. The molecule has 0 bridgehead atoms. The molecule has 0 radical (unpaired) electrons. The zero-order valence-corrected chi connectivity index (χ0v) is 14.0. The maximum absolute atomic E-state index is 11.3. The van der Waals surface area contributed by atoms with E-state index in [0.29, 0.717) is 17.1 Å². The first-order valence-corrected chi connectivity index (χ1v) is 7.98. The Morgan fingerprint density at radius 2 is 1.37 bits per heavy atom. The number of carboxylic acid groups (broad SMARTS) is 2. The molecule has 0 aliphatic heterocycles. The van der Waals surface area contributed by atoms with Crippen molar-refractivity contribution in [1.82, 2.24) is 0 Å². The molecule has 0 saturated heterocycles. The fraction of sp³-hybridized carbons (Fsp3) is 0. The minimum absolute atomic E-state index is 0.0981. The molecule has 3 aromatic carbocycles. The molecule has 0 heterocycles. The van der Waals surface area contributed by atoms with E-state index in [0.717, 1.165) is 5.56 Å². The lowest BCUT2D eigenvalue weighted by atomic mass is 10.1. The fourth-order valence-corrected chi connectivity index (χ4v) is 2.30. The second-order valence-electron chi connectivity index (χ2n) is 5.56.